The van der Waals surface area contributed by atoms with Gasteiger partial charge in [-0.15, -0.1) is 0 Å². The van der Waals surface area contributed by atoms with Gasteiger partial charge < -0.3 is 34.7 Å². The monoisotopic (exact) mass is 653 g/mol. The van der Waals surface area contributed by atoms with Crippen LogP contribution in [0.15, 0.2) is 71.8 Å². The van der Waals surface area contributed by atoms with Gasteiger partial charge in [0.15, 0.2) is 11.5 Å². The number of imidazole rings is 1. The first-order chi connectivity index (χ1) is 23.1. The van der Waals surface area contributed by atoms with Crippen LogP contribution >= 0.6 is 0 Å². The molecular weight excluding hydrogens is 610 g/mol. The van der Waals surface area contributed by atoms with Gasteiger partial charge in [0.25, 0.3) is 0 Å². The van der Waals surface area contributed by atoms with Gasteiger partial charge >= 0.3 is 0 Å². The van der Waals surface area contributed by atoms with Crippen molar-refractivity contribution in [1.29, 1.82) is 0 Å². The Hall–Kier alpha value is -5.32. The Morgan fingerprint density at radius 1 is 0.979 bits per heavy atom. The third kappa shape index (κ3) is 6.85. The number of nitrogens with zero attached hydrogens (tertiary/aromatic N) is 2. The molecule has 3 N–H and O–H groups in total. The van der Waals surface area contributed by atoms with Crippen LogP contribution in [0.2, 0.25) is 0 Å². The van der Waals surface area contributed by atoms with Gasteiger partial charge in [-0.25, -0.2) is 4.98 Å². The molecule has 0 aliphatic heterocycles. The minimum absolute atomic E-state index is 0.185. The summed E-state index contributed by atoms with van der Waals surface area (Å²) in [5, 5.41) is 9.46. The molecule has 252 valence electrons. The van der Waals surface area contributed by atoms with Crippen LogP contribution in [0.25, 0.3) is 11.1 Å². The summed E-state index contributed by atoms with van der Waals surface area (Å²) in [5.41, 5.74) is 3.81. The molecule has 1 aliphatic carbocycles. The number of hydrogen-bond acceptors (Lipinski definition) is 8. The fourth-order valence-electron chi connectivity index (χ4n) is 6.36. The first kappa shape index (κ1) is 34.0. The molecule has 4 aromatic rings. The Balaban J connectivity index is 1.59. The normalized spacial score (nSPS) is 14.9. The van der Waals surface area contributed by atoms with Gasteiger partial charge in [0.05, 0.1) is 33.1 Å². The lowest BCUT2D eigenvalue weighted by atomic mass is 9.95. The van der Waals surface area contributed by atoms with Gasteiger partial charge in [0.1, 0.15) is 17.9 Å². The summed E-state index contributed by atoms with van der Waals surface area (Å²) < 4.78 is 19.1. The highest BCUT2D eigenvalue weighted by Gasteiger charge is 2.31. The number of anilines is 1. The summed E-state index contributed by atoms with van der Waals surface area (Å²) in [6, 6.07) is 14.9. The first-order valence-electron chi connectivity index (χ1n) is 15.9. The molecule has 0 fully saturated rings. The summed E-state index contributed by atoms with van der Waals surface area (Å²) in [4.78, 5) is 44.9. The maximum Gasteiger partial charge on any atom is 0.243 e. The Labute approximate surface area is 280 Å². The average Bonchev–Trinajstić information content (AvgIpc) is 3.36. The van der Waals surface area contributed by atoms with Gasteiger partial charge in [0.2, 0.25) is 23.0 Å². The summed E-state index contributed by atoms with van der Waals surface area (Å²) in [6.07, 6.45) is 4.65. The maximum absolute atomic E-state index is 14.0. The van der Waals surface area contributed by atoms with Crippen LogP contribution in [0, 0.1) is 5.92 Å². The Bertz CT molecular complexity index is 1860. The number of aromatic nitrogens is 2. The number of aryl methyl sites for hydroxylation is 2. The van der Waals surface area contributed by atoms with Crippen molar-refractivity contribution in [3.63, 3.8) is 0 Å². The largest absolute Gasteiger partial charge is 0.493 e. The van der Waals surface area contributed by atoms with E-state index in [4.69, 9.17) is 14.2 Å². The van der Waals surface area contributed by atoms with Gasteiger partial charge in [-0.2, -0.15) is 0 Å². The number of hydrogen-bond donors (Lipinski definition) is 3. The van der Waals surface area contributed by atoms with E-state index in [9.17, 15) is 14.4 Å². The van der Waals surface area contributed by atoms with Gasteiger partial charge in [-0.1, -0.05) is 50.2 Å². The topological polar surface area (TPSA) is 133 Å². The molecule has 1 aromatic heterocycles. The maximum atomic E-state index is 14.0. The Kier molecular flexibility index (Phi) is 10.4. The van der Waals surface area contributed by atoms with Crippen LogP contribution < -0.4 is 35.6 Å². The summed E-state index contributed by atoms with van der Waals surface area (Å²) in [6.45, 7) is 5.30. The van der Waals surface area contributed by atoms with Crippen LogP contribution in [0.5, 0.6) is 17.2 Å². The van der Waals surface area contributed by atoms with Crippen molar-refractivity contribution in [2.24, 2.45) is 13.0 Å². The number of amides is 2. The number of methoxy groups -OCH3 is 3. The zero-order chi connectivity index (χ0) is 34.5. The molecule has 1 heterocycles. The highest BCUT2D eigenvalue weighted by atomic mass is 16.5. The van der Waals surface area contributed by atoms with E-state index in [-0.39, 0.29) is 28.8 Å². The molecule has 5 rings (SSSR count). The van der Waals surface area contributed by atoms with E-state index in [2.05, 4.69) is 20.9 Å². The van der Waals surface area contributed by atoms with Crippen molar-refractivity contribution in [1.82, 2.24) is 20.2 Å². The third-order valence-electron chi connectivity index (χ3n) is 8.71. The molecule has 11 nitrogen and oxygen atoms in total. The molecule has 3 atom stereocenters. The number of carbonyl (C=O) groups is 2. The predicted octanol–water partition coefficient (Wildman–Crippen LogP) is 4.94. The van der Waals surface area contributed by atoms with Crippen molar-refractivity contribution in [2.75, 3.05) is 26.6 Å². The fourth-order valence-corrected chi connectivity index (χ4v) is 6.36. The van der Waals surface area contributed by atoms with Gasteiger partial charge in [-0.3, -0.25) is 14.4 Å². The molecule has 0 bridgehead atoms. The van der Waals surface area contributed by atoms with E-state index in [1.165, 1.54) is 6.92 Å². The SMILES string of the molecule is COc1cc2c(c(OC)c1OC)-c1ccc(N[C@@H](C(=O)NC(c3ccccc3)c3nccn3C)C(C)C)c(=O)cc1[C@H](NC(C)=O)CC2. The van der Waals surface area contributed by atoms with Crippen LogP contribution in [0.3, 0.4) is 0 Å². The minimum Gasteiger partial charge on any atom is -0.493 e. The summed E-state index contributed by atoms with van der Waals surface area (Å²) in [7, 11) is 6.55. The molecule has 48 heavy (non-hydrogen) atoms. The van der Waals surface area contributed by atoms with E-state index >= 15 is 0 Å². The lowest BCUT2D eigenvalue weighted by molar-refractivity contribution is -0.123. The van der Waals surface area contributed by atoms with Crippen LogP contribution in [-0.2, 0) is 23.1 Å². The molecule has 0 saturated heterocycles. The number of nitrogens with one attached hydrogen (secondary N) is 3. The molecule has 2 amide bonds. The van der Waals surface area contributed by atoms with Crippen molar-refractivity contribution in [3.05, 3.63) is 99.7 Å². The number of carbonyl (C=O) groups excluding carboxylic acids is 2. The summed E-state index contributed by atoms with van der Waals surface area (Å²) >= 11 is 0. The number of fused-ring (bicyclic) bond motifs is 3. The van der Waals surface area contributed by atoms with E-state index < -0.39 is 18.1 Å². The molecular formula is C37H43N5O6. The smallest absolute Gasteiger partial charge is 0.243 e. The second-order valence-corrected chi connectivity index (χ2v) is 12.2. The standard InChI is InChI=1S/C37H43N5O6/c1-21(2)32(37(45)41-33(23-11-9-8-10-12-23)36-38-17-18-42(36)4)40-28-16-14-25-26(20-29(28)44)27(39-22(3)43)15-13-24-19-30(46-5)34(47-6)35(48-7)31(24)25/h8-12,14,16-21,27,32-33H,13,15H2,1-7H3,(H,39,43)(H,40,44)(H,41,45)/t27-,32-,33?/m1/s1. The number of benzene rings is 2. The molecule has 0 spiro atoms. The van der Waals surface area contributed by atoms with Crippen molar-refractivity contribution in [2.45, 2.75) is 51.7 Å². The lowest BCUT2D eigenvalue weighted by Gasteiger charge is -2.26. The molecule has 0 saturated carbocycles. The molecule has 1 aliphatic rings. The highest BCUT2D eigenvalue weighted by molar-refractivity contribution is 5.86. The van der Waals surface area contributed by atoms with Crippen molar-refractivity contribution in [3.8, 4) is 28.4 Å². The zero-order valence-corrected chi connectivity index (χ0v) is 28.4. The van der Waals surface area contributed by atoms with E-state index in [1.54, 1.807) is 39.7 Å². The second-order valence-electron chi connectivity index (χ2n) is 12.2. The molecule has 0 radical (unpaired) electrons. The van der Waals surface area contributed by atoms with Crippen molar-refractivity contribution >= 4 is 17.5 Å². The van der Waals surface area contributed by atoms with Gasteiger partial charge in [0, 0.05) is 31.9 Å². The quantitative estimate of drug-likeness (QED) is 0.208. The lowest BCUT2D eigenvalue weighted by Crippen LogP contribution is -2.45. The fraction of sp³-hybridized carbons (Fsp3) is 0.351. The summed E-state index contributed by atoms with van der Waals surface area (Å²) in [5.74, 6) is 1.40. The van der Waals surface area contributed by atoms with Crippen molar-refractivity contribution < 1.29 is 23.8 Å². The number of ether oxygens (including phenoxy) is 3. The van der Waals surface area contributed by atoms with E-state index in [1.807, 2.05) is 74.1 Å². The van der Waals surface area contributed by atoms with Crippen LogP contribution in [-0.4, -0.2) is 48.7 Å². The Morgan fingerprint density at radius 3 is 2.31 bits per heavy atom. The Morgan fingerprint density at radius 2 is 1.71 bits per heavy atom. The highest BCUT2D eigenvalue weighted by Crippen LogP contribution is 2.50. The third-order valence-corrected chi connectivity index (χ3v) is 8.71. The second kappa shape index (κ2) is 14.6. The van der Waals surface area contributed by atoms with E-state index in [0.717, 1.165) is 16.7 Å². The van der Waals surface area contributed by atoms with Crippen LogP contribution in [0.1, 0.15) is 61.8 Å². The van der Waals surface area contributed by atoms with Gasteiger partial charge in [-0.05, 0) is 59.2 Å². The predicted molar refractivity (Wildman–Crippen MR) is 185 cm³/mol. The molecule has 11 heteroatoms. The zero-order valence-electron chi connectivity index (χ0n) is 28.4. The average molecular weight is 654 g/mol. The minimum atomic E-state index is -0.760. The number of rotatable bonds is 11. The first-order valence-corrected chi connectivity index (χ1v) is 15.9. The molecule has 1 unspecified atom stereocenters. The van der Waals surface area contributed by atoms with E-state index in [0.29, 0.717) is 47.0 Å². The molecule has 3 aromatic carbocycles. The van der Waals surface area contributed by atoms with Crippen LogP contribution in [0.4, 0.5) is 5.69 Å².